The molecular weight excluding hydrogens is 1460 g/mol. The minimum absolute atomic E-state index is 0. The van der Waals surface area contributed by atoms with Crippen molar-refractivity contribution < 1.29 is 109 Å². The molecule has 2 atom stereocenters. The molecule has 5 saturated heterocycles. The van der Waals surface area contributed by atoms with Crippen LogP contribution in [-0.2, 0) is 159 Å². The van der Waals surface area contributed by atoms with E-state index in [1.165, 1.54) is 0 Å². The zero-order valence-electron chi connectivity index (χ0n) is 56.8. The SMILES string of the molecule is C.CC(=S)NCC1COCCOCCOCCOCCOCCO1.S=C([S-])N1CCOCCOCCOCC1.S=C([S-])N1CCOCCOCCOCCOCC1.S=C([S-])N1CCOCCOCCOCCOCCOCC1.S=C([S-])NCC1COCCOCCOCCOCCO1. The fraction of sp³-hybridized carbons (Fsp3) is 0.918. The van der Waals surface area contributed by atoms with Gasteiger partial charge in [-0.3, -0.25) is 0 Å². The molecule has 0 aromatic heterocycles. The van der Waals surface area contributed by atoms with Crippen molar-refractivity contribution in [3.8, 4) is 0 Å². The number of nitrogens with one attached hydrogen (secondary N) is 2. The summed E-state index contributed by atoms with van der Waals surface area (Å²) < 4.78 is 127. The summed E-state index contributed by atoms with van der Waals surface area (Å²) in [5, 5.41) is 6.01. The van der Waals surface area contributed by atoms with E-state index in [0.29, 0.717) is 347 Å². The van der Waals surface area contributed by atoms with Gasteiger partial charge in [0.15, 0.2) is 0 Å². The van der Waals surface area contributed by atoms with Gasteiger partial charge in [0.25, 0.3) is 0 Å². The van der Waals surface area contributed by atoms with Crippen molar-refractivity contribution in [1.82, 2.24) is 25.3 Å². The smallest absolute Gasteiger partial charge is 0.0981 e. The van der Waals surface area contributed by atoms with Gasteiger partial charge in [0.2, 0.25) is 0 Å². The quantitative estimate of drug-likeness (QED) is 0.299. The lowest BCUT2D eigenvalue weighted by Crippen LogP contribution is -2.36. The van der Waals surface area contributed by atoms with E-state index in [9.17, 15) is 0 Å². The minimum atomic E-state index is -0.110. The third kappa shape index (κ3) is 71.0. The summed E-state index contributed by atoms with van der Waals surface area (Å²) >= 11 is 44.7. The Morgan fingerprint density at radius 1 is 0.265 bits per heavy atom. The van der Waals surface area contributed by atoms with Gasteiger partial charge in [-0.1, -0.05) is 36.9 Å². The van der Waals surface area contributed by atoms with E-state index in [0.717, 1.165) is 18.1 Å². The molecule has 0 bridgehead atoms. The molecule has 5 aliphatic rings. The predicted octanol–water partition coefficient (Wildman–Crippen LogP) is 1.51. The first-order valence-electron chi connectivity index (χ1n) is 32.9. The molecule has 0 aliphatic carbocycles. The number of ether oxygens (including phenoxy) is 23. The van der Waals surface area contributed by atoms with Crippen molar-refractivity contribution >= 4 is 134 Å². The Bertz CT molecular complexity index is 1730. The normalized spacial score (nSPS) is 22.7. The maximum absolute atomic E-state index is 5.76. The molecule has 2 unspecified atom stereocenters. The fourth-order valence-electron chi connectivity index (χ4n) is 7.52. The van der Waals surface area contributed by atoms with Crippen LogP contribution in [0.15, 0.2) is 0 Å². The Hall–Kier alpha value is -0.590. The Kier molecular flexibility index (Phi) is 77.0. The molecule has 2 N–H and O–H groups in total. The van der Waals surface area contributed by atoms with Gasteiger partial charge >= 0.3 is 0 Å². The molecule has 0 aromatic carbocycles. The Morgan fingerprint density at radius 2 is 0.429 bits per heavy atom. The summed E-state index contributed by atoms with van der Waals surface area (Å²) in [7, 11) is 0. The molecule has 5 aliphatic heterocycles. The summed E-state index contributed by atoms with van der Waals surface area (Å²) in [6.45, 7) is 31.9. The van der Waals surface area contributed by atoms with Gasteiger partial charge < -0.3 is 234 Å². The van der Waals surface area contributed by atoms with Crippen LogP contribution >= 0.6 is 61.1 Å². The lowest BCUT2D eigenvalue weighted by molar-refractivity contribution is -0.0584. The number of nitrogens with zero attached hydrogens (tertiary/aromatic N) is 3. The molecule has 98 heavy (non-hydrogen) atoms. The van der Waals surface area contributed by atoms with Gasteiger partial charge in [0.1, 0.15) is 0 Å². The van der Waals surface area contributed by atoms with E-state index >= 15 is 0 Å². The van der Waals surface area contributed by atoms with E-state index in [4.69, 9.17) is 221 Å². The maximum Gasteiger partial charge on any atom is 0.0981 e. The van der Waals surface area contributed by atoms with Crippen LogP contribution in [-0.4, -0.2) is 392 Å². The summed E-state index contributed by atoms with van der Waals surface area (Å²) in [4.78, 5) is 6.48. The van der Waals surface area contributed by atoms with Gasteiger partial charge in [0.05, 0.1) is 308 Å². The molecule has 28 nitrogen and oxygen atoms in total. The molecule has 5 rings (SSSR count). The maximum atomic E-state index is 5.76. The van der Waals surface area contributed by atoms with Crippen molar-refractivity contribution in [3.63, 3.8) is 0 Å². The zero-order valence-corrected chi connectivity index (χ0v) is 64.2. The third-order valence-electron chi connectivity index (χ3n) is 12.6. The van der Waals surface area contributed by atoms with Crippen molar-refractivity contribution in [2.45, 2.75) is 26.6 Å². The van der Waals surface area contributed by atoms with Crippen molar-refractivity contribution in [3.05, 3.63) is 0 Å². The Labute approximate surface area is 633 Å². The molecule has 0 spiro atoms. The van der Waals surface area contributed by atoms with Gasteiger partial charge in [-0.25, -0.2) is 0 Å². The number of hydrogen-bond donors (Lipinski definition) is 2. The average Bonchev–Trinajstić information content (AvgIpc) is 1.87. The monoisotopic (exact) mass is 1570 g/mol. The molecule has 0 radical (unpaired) electrons. The number of hydrogen-bond acceptors (Lipinski definition) is 32. The molecule has 580 valence electrons. The van der Waals surface area contributed by atoms with Crippen molar-refractivity contribution in [1.29, 1.82) is 0 Å². The lowest BCUT2D eigenvalue weighted by atomic mass is 10.3. The second-order valence-electron chi connectivity index (χ2n) is 20.1. The standard InChI is InChI=1S/C15H29NO6S.C13H25NO5S2.C12H23NO5S2.C11H21NO4S2.C9H17NO3S2.CH4/c1-14(23)16-12-15-13-21-9-8-19-5-4-17-2-3-18-6-7-20-10-11-22-15;20-13(21)14-1-3-15-5-7-17-9-11-19-12-10-18-8-6-16-4-2-14;19-12(20)13-9-11-10-17-6-5-15-2-1-14-3-4-16-7-8-18-11;17-11(18)12-1-3-13-5-7-15-9-10-16-8-6-14-4-2-12;14-9(15)10-1-3-11-5-7-13-8-6-12-4-2-10;/h15H,2-13H2,1H3,(H,16,23);1-12H2,(H,20,21);11H,1-10H2,(H2,13,19,20);1-10H2,(H,17,18);1-8H2,(H,14,15);1H4/p-4. The van der Waals surface area contributed by atoms with Crippen LogP contribution in [0.5, 0.6) is 0 Å². The van der Waals surface area contributed by atoms with E-state index in [1.54, 1.807) is 0 Å². The summed E-state index contributed by atoms with van der Waals surface area (Å²) in [5.74, 6) is 0. The first kappa shape index (κ1) is 97.4. The summed E-state index contributed by atoms with van der Waals surface area (Å²) in [6, 6.07) is 0. The largest absolute Gasteiger partial charge is 0.412 e. The molecule has 0 saturated carbocycles. The first-order chi connectivity index (χ1) is 47.5. The van der Waals surface area contributed by atoms with Gasteiger partial charge in [-0.05, 0) is 6.92 Å². The minimum Gasteiger partial charge on any atom is -0.412 e. The highest BCUT2D eigenvalue weighted by atomic mass is 32.1. The van der Waals surface area contributed by atoms with Gasteiger partial charge in [0, 0.05) is 52.4 Å². The van der Waals surface area contributed by atoms with E-state index in [-0.39, 0.29) is 19.6 Å². The van der Waals surface area contributed by atoms with Crippen molar-refractivity contribution in [2.24, 2.45) is 0 Å². The molecule has 0 aromatic rings. The molecule has 37 heteroatoms. The molecule has 0 amide bonds. The highest BCUT2D eigenvalue weighted by molar-refractivity contribution is 8.01. The highest BCUT2D eigenvalue weighted by Crippen LogP contribution is 2.01. The summed E-state index contributed by atoms with van der Waals surface area (Å²) in [5.41, 5.74) is 0. The second-order valence-corrected chi connectivity index (χ2v) is 24.9. The lowest BCUT2D eigenvalue weighted by Gasteiger charge is -2.28. The third-order valence-corrected chi connectivity index (χ3v) is 14.6. The first-order valence-corrected chi connectivity index (χ1v) is 36.6. The zero-order chi connectivity index (χ0) is 70.2. The van der Waals surface area contributed by atoms with Crippen LogP contribution in [0.4, 0.5) is 0 Å². The topological polar surface area (TPSA) is 246 Å². The number of rotatable bonds is 4. The van der Waals surface area contributed by atoms with Gasteiger partial charge in [-0.15, -0.1) is 0 Å². The van der Waals surface area contributed by atoms with Crippen LogP contribution in [0, 0.1) is 0 Å². The van der Waals surface area contributed by atoms with Crippen LogP contribution in [0.2, 0.25) is 0 Å². The van der Waals surface area contributed by atoms with Gasteiger partial charge in [-0.2, -0.15) is 0 Å². The Morgan fingerprint density at radius 3 is 0.602 bits per heavy atom. The van der Waals surface area contributed by atoms with Crippen LogP contribution in [0.25, 0.3) is 0 Å². The number of thiocarbonyl (C=S) groups is 5. The van der Waals surface area contributed by atoms with Crippen LogP contribution in [0.1, 0.15) is 14.4 Å². The van der Waals surface area contributed by atoms with Crippen LogP contribution < -0.4 is 10.6 Å². The van der Waals surface area contributed by atoms with E-state index < -0.39 is 0 Å². The molecule has 5 heterocycles. The van der Waals surface area contributed by atoms with Crippen LogP contribution in [0.3, 0.4) is 0 Å². The molecular formula is C61H115N5O23S9-4. The second kappa shape index (κ2) is 77.5. The Balaban J connectivity index is 0.00000120. The van der Waals surface area contributed by atoms with E-state index in [2.05, 4.69) is 10.6 Å². The highest BCUT2D eigenvalue weighted by Gasteiger charge is 2.13. The predicted molar refractivity (Wildman–Crippen MR) is 402 cm³/mol. The van der Waals surface area contributed by atoms with Crippen molar-refractivity contribution in [2.75, 3.05) is 343 Å². The van der Waals surface area contributed by atoms with E-state index in [1.807, 2.05) is 21.6 Å². The molecule has 5 fully saturated rings. The fourth-order valence-corrected chi connectivity index (χ4v) is 8.87. The summed E-state index contributed by atoms with van der Waals surface area (Å²) in [6.07, 6.45) is -0.184. The average molecular weight is 1580 g/mol.